The molecule has 9 heteroatoms. The first-order chi connectivity index (χ1) is 12.0. The van der Waals surface area contributed by atoms with Crippen LogP contribution in [-0.2, 0) is 11.8 Å². The summed E-state index contributed by atoms with van der Waals surface area (Å²) in [6.07, 6.45) is 7.49. The Morgan fingerprint density at radius 1 is 1.36 bits per heavy atom. The number of hydrogen-bond donors (Lipinski definition) is 3. The number of fused-ring (bicyclic) bond motifs is 2. The smallest absolute Gasteiger partial charge is 0.229 e. The van der Waals surface area contributed by atoms with Crippen LogP contribution in [0, 0.1) is 23.6 Å². The molecule has 2 fully saturated rings. The van der Waals surface area contributed by atoms with Gasteiger partial charge in [-0.1, -0.05) is 0 Å². The molecule has 2 bridgehead atoms. The van der Waals surface area contributed by atoms with Crippen molar-refractivity contribution in [2.24, 2.45) is 30.5 Å². The number of carbonyl (C=O) groups is 1. The number of amides is 1. The molecule has 0 radical (unpaired) electrons. The molecule has 2 aromatic rings. The highest BCUT2D eigenvalue weighted by molar-refractivity contribution is 5.79. The van der Waals surface area contributed by atoms with E-state index >= 15 is 0 Å². The quantitative estimate of drug-likeness (QED) is 0.755. The minimum atomic E-state index is -0.553. The number of nitrogens with zero attached hydrogens (tertiary/aromatic N) is 4. The maximum atomic E-state index is 14.2. The first-order valence-corrected chi connectivity index (χ1v) is 8.35. The zero-order valence-electron chi connectivity index (χ0n) is 13.8. The fourth-order valence-corrected chi connectivity index (χ4v) is 4.21. The molecule has 25 heavy (non-hydrogen) atoms. The van der Waals surface area contributed by atoms with Gasteiger partial charge < -0.3 is 16.4 Å². The van der Waals surface area contributed by atoms with E-state index in [0.29, 0.717) is 11.6 Å². The van der Waals surface area contributed by atoms with E-state index in [1.165, 1.54) is 0 Å². The lowest BCUT2D eigenvalue weighted by Crippen LogP contribution is -2.42. The fraction of sp³-hybridized carbons (Fsp3) is 0.500. The summed E-state index contributed by atoms with van der Waals surface area (Å²) in [6, 6.07) is -0.174. The van der Waals surface area contributed by atoms with Crippen molar-refractivity contribution in [3.8, 4) is 0 Å². The molecule has 0 aliphatic heterocycles. The molecule has 0 saturated heterocycles. The number of rotatable bonds is 5. The molecule has 2 aliphatic rings. The Kier molecular flexibility index (Phi) is 3.78. The summed E-state index contributed by atoms with van der Waals surface area (Å²) >= 11 is 0. The van der Waals surface area contributed by atoms with E-state index in [4.69, 9.17) is 5.73 Å². The standard InChI is InChI=1S/C16H20FN7O/c1-24-7-10(5-20-24)21-16-19-6-11(17)15(23-16)22-13-9-3-2-8(4-9)12(13)14(18)25/h5-9,12-13H,2-4H2,1H3,(H2,18,25)(H2,19,21,22,23)/t8-,9+,12+,13-/m0/s1. The van der Waals surface area contributed by atoms with Gasteiger partial charge in [0.2, 0.25) is 11.9 Å². The monoisotopic (exact) mass is 345 g/mol. The Labute approximate surface area is 144 Å². The largest absolute Gasteiger partial charge is 0.369 e. The molecule has 2 aliphatic carbocycles. The van der Waals surface area contributed by atoms with Crippen molar-refractivity contribution in [2.45, 2.75) is 25.3 Å². The number of nitrogens with one attached hydrogen (secondary N) is 2. The summed E-state index contributed by atoms with van der Waals surface area (Å²) in [4.78, 5) is 20.0. The van der Waals surface area contributed by atoms with Crippen LogP contribution in [0.1, 0.15) is 19.3 Å². The van der Waals surface area contributed by atoms with E-state index in [2.05, 4.69) is 25.7 Å². The van der Waals surface area contributed by atoms with Gasteiger partial charge in [-0.05, 0) is 31.1 Å². The summed E-state index contributed by atoms with van der Waals surface area (Å²) in [5.74, 6) is -0.191. The SMILES string of the molecule is Cn1cc(Nc2ncc(F)c(N[C@H]3[C@@H]4CC[C@@H](C4)[C@H]3C(N)=O)n2)cn1. The topological polar surface area (TPSA) is 111 Å². The van der Waals surface area contributed by atoms with Crippen LogP contribution in [0.4, 0.5) is 21.8 Å². The summed E-state index contributed by atoms with van der Waals surface area (Å²) < 4.78 is 15.8. The minimum absolute atomic E-state index is 0.0881. The number of aryl methyl sites for hydroxylation is 1. The Morgan fingerprint density at radius 2 is 2.16 bits per heavy atom. The van der Waals surface area contributed by atoms with E-state index in [1.54, 1.807) is 24.1 Å². The predicted molar refractivity (Wildman–Crippen MR) is 89.4 cm³/mol. The molecule has 2 saturated carbocycles. The Balaban J connectivity index is 1.55. The third-order valence-corrected chi connectivity index (χ3v) is 5.25. The number of hydrogen-bond acceptors (Lipinski definition) is 6. The lowest BCUT2D eigenvalue weighted by Gasteiger charge is -2.30. The molecule has 2 aromatic heterocycles. The van der Waals surface area contributed by atoms with Gasteiger partial charge >= 0.3 is 0 Å². The Bertz CT molecular complexity index is 808. The summed E-state index contributed by atoms with van der Waals surface area (Å²) in [7, 11) is 1.79. The van der Waals surface area contributed by atoms with Gasteiger partial charge in [0.1, 0.15) is 0 Å². The van der Waals surface area contributed by atoms with Crippen LogP contribution in [0.5, 0.6) is 0 Å². The van der Waals surface area contributed by atoms with Crippen molar-refractivity contribution >= 4 is 23.4 Å². The van der Waals surface area contributed by atoms with Gasteiger partial charge in [-0.2, -0.15) is 10.1 Å². The van der Waals surface area contributed by atoms with Gasteiger partial charge in [-0.25, -0.2) is 9.37 Å². The second-order valence-electron chi connectivity index (χ2n) is 6.85. The van der Waals surface area contributed by atoms with E-state index in [-0.39, 0.29) is 35.6 Å². The maximum Gasteiger partial charge on any atom is 0.229 e. The highest BCUT2D eigenvalue weighted by Crippen LogP contribution is 2.49. The lowest BCUT2D eigenvalue weighted by molar-refractivity contribution is -0.123. The molecule has 4 N–H and O–H groups in total. The van der Waals surface area contributed by atoms with Crippen molar-refractivity contribution in [1.82, 2.24) is 19.7 Å². The van der Waals surface area contributed by atoms with Gasteiger partial charge in [0.05, 0.1) is 24.0 Å². The van der Waals surface area contributed by atoms with Crippen LogP contribution in [0.15, 0.2) is 18.6 Å². The summed E-state index contributed by atoms with van der Waals surface area (Å²) in [5, 5.41) is 10.1. The van der Waals surface area contributed by atoms with E-state index in [1.807, 2.05) is 0 Å². The zero-order valence-corrected chi connectivity index (χ0v) is 13.8. The van der Waals surface area contributed by atoms with Crippen LogP contribution >= 0.6 is 0 Å². The molecule has 0 spiro atoms. The zero-order chi connectivity index (χ0) is 17.6. The van der Waals surface area contributed by atoms with Gasteiger partial charge in [0.25, 0.3) is 0 Å². The molecular weight excluding hydrogens is 325 g/mol. The first kappa shape index (κ1) is 15.8. The van der Waals surface area contributed by atoms with Gasteiger partial charge in [0, 0.05) is 19.3 Å². The van der Waals surface area contributed by atoms with Crippen molar-refractivity contribution in [3.05, 3.63) is 24.4 Å². The van der Waals surface area contributed by atoms with E-state index in [9.17, 15) is 9.18 Å². The normalized spacial score (nSPS) is 27.4. The molecular formula is C16H20FN7O. The average molecular weight is 345 g/mol. The molecule has 132 valence electrons. The highest BCUT2D eigenvalue weighted by atomic mass is 19.1. The second-order valence-corrected chi connectivity index (χ2v) is 6.85. The van der Waals surface area contributed by atoms with Crippen LogP contribution in [0.25, 0.3) is 0 Å². The van der Waals surface area contributed by atoms with Crippen molar-refractivity contribution < 1.29 is 9.18 Å². The number of anilines is 3. The molecule has 0 unspecified atom stereocenters. The summed E-state index contributed by atoms with van der Waals surface area (Å²) in [5.41, 5.74) is 6.28. The van der Waals surface area contributed by atoms with Gasteiger partial charge in [0.15, 0.2) is 11.6 Å². The molecule has 2 heterocycles. The van der Waals surface area contributed by atoms with Crippen LogP contribution in [0.2, 0.25) is 0 Å². The summed E-state index contributed by atoms with van der Waals surface area (Å²) in [6.45, 7) is 0. The third kappa shape index (κ3) is 2.90. The highest BCUT2D eigenvalue weighted by Gasteiger charge is 2.50. The first-order valence-electron chi connectivity index (χ1n) is 8.35. The van der Waals surface area contributed by atoms with Crippen LogP contribution < -0.4 is 16.4 Å². The number of nitrogens with two attached hydrogens (primary N) is 1. The number of aromatic nitrogens is 4. The average Bonchev–Trinajstić information content (AvgIpc) is 3.26. The molecule has 0 aromatic carbocycles. The lowest BCUT2D eigenvalue weighted by atomic mass is 9.84. The van der Waals surface area contributed by atoms with E-state index in [0.717, 1.165) is 25.5 Å². The maximum absolute atomic E-state index is 14.2. The van der Waals surface area contributed by atoms with Crippen LogP contribution in [0.3, 0.4) is 0 Å². The van der Waals surface area contributed by atoms with Crippen molar-refractivity contribution in [1.29, 1.82) is 0 Å². The van der Waals surface area contributed by atoms with Gasteiger partial charge in [-0.3, -0.25) is 9.48 Å². The van der Waals surface area contributed by atoms with Crippen molar-refractivity contribution in [3.63, 3.8) is 0 Å². The fourth-order valence-electron chi connectivity index (χ4n) is 4.21. The van der Waals surface area contributed by atoms with Gasteiger partial charge in [-0.15, -0.1) is 0 Å². The number of primary amides is 1. The second kappa shape index (κ2) is 5.98. The molecule has 8 nitrogen and oxygen atoms in total. The Morgan fingerprint density at radius 3 is 2.88 bits per heavy atom. The molecule has 4 atom stereocenters. The van der Waals surface area contributed by atoms with E-state index < -0.39 is 5.82 Å². The molecule has 1 amide bonds. The minimum Gasteiger partial charge on any atom is -0.369 e. The van der Waals surface area contributed by atoms with Crippen LogP contribution in [-0.4, -0.2) is 31.7 Å². The number of carbonyl (C=O) groups excluding carboxylic acids is 1. The number of halogens is 1. The third-order valence-electron chi connectivity index (χ3n) is 5.25. The predicted octanol–water partition coefficient (Wildman–Crippen LogP) is 1.40. The molecule has 4 rings (SSSR count). The van der Waals surface area contributed by atoms with Crippen molar-refractivity contribution in [2.75, 3.05) is 10.6 Å². The Hall–Kier alpha value is -2.71.